The van der Waals surface area contributed by atoms with E-state index in [1.54, 1.807) is 4.57 Å². The summed E-state index contributed by atoms with van der Waals surface area (Å²) in [6.07, 6.45) is 1.77. The monoisotopic (exact) mass is 471 g/mol. The molecule has 5 nitrogen and oxygen atoms in total. The average molecular weight is 472 g/mol. The number of hydrogen-bond donors (Lipinski definition) is 1. The molecule has 0 spiro atoms. The van der Waals surface area contributed by atoms with Crippen LogP contribution in [0.5, 0.6) is 0 Å². The van der Waals surface area contributed by atoms with Crippen LogP contribution in [-0.4, -0.2) is 27.3 Å². The van der Waals surface area contributed by atoms with Crippen LogP contribution in [0, 0.1) is 6.92 Å². The topological polar surface area (TPSA) is 64.0 Å². The third kappa shape index (κ3) is 6.14. The van der Waals surface area contributed by atoms with E-state index in [4.69, 9.17) is 0 Å². The van der Waals surface area contributed by atoms with Crippen molar-refractivity contribution in [1.29, 1.82) is 0 Å². The normalized spacial score (nSPS) is 11.9. The number of carbonyl (C=O) groups excluding carboxylic acids is 1. The molecule has 4 aromatic rings. The van der Waals surface area contributed by atoms with Crippen molar-refractivity contribution in [3.8, 4) is 0 Å². The molecule has 3 aromatic carbocycles. The molecule has 4 rings (SSSR count). The van der Waals surface area contributed by atoms with Crippen LogP contribution in [0.25, 0.3) is 11.0 Å². The van der Waals surface area contributed by atoms with Gasteiger partial charge in [0.25, 0.3) is 5.56 Å². The largest absolute Gasteiger partial charge is 0.353 e. The van der Waals surface area contributed by atoms with Gasteiger partial charge in [-0.25, -0.2) is 4.98 Å². The van der Waals surface area contributed by atoms with Gasteiger partial charge in [0.1, 0.15) is 0 Å². The first-order chi connectivity index (χ1) is 16.5. The van der Waals surface area contributed by atoms with Crippen molar-refractivity contribution in [2.75, 3.05) is 5.75 Å². The Morgan fingerprint density at radius 1 is 0.971 bits per heavy atom. The lowest BCUT2D eigenvalue weighted by Gasteiger charge is -2.14. The van der Waals surface area contributed by atoms with E-state index in [0.29, 0.717) is 11.6 Å². The van der Waals surface area contributed by atoms with E-state index < -0.39 is 0 Å². The number of amides is 1. The maximum absolute atomic E-state index is 13.3. The minimum Gasteiger partial charge on any atom is -0.353 e. The molecular formula is C28H29N3O2S. The molecule has 0 radical (unpaired) electrons. The molecule has 0 saturated carbocycles. The van der Waals surface area contributed by atoms with E-state index >= 15 is 0 Å². The first-order valence-corrected chi connectivity index (χ1v) is 12.5. The van der Waals surface area contributed by atoms with Crippen molar-refractivity contribution in [2.45, 2.75) is 44.3 Å². The van der Waals surface area contributed by atoms with Gasteiger partial charge in [-0.05, 0) is 49.9 Å². The summed E-state index contributed by atoms with van der Waals surface area (Å²) < 4.78 is 1.75. The van der Waals surface area contributed by atoms with Crippen LogP contribution in [0.2, 0.25) is 0 Å². The maximum atomic E-state index is 13.3. The molecule has 0 aliphatic carbocycles. The highest BCUT2D eigenvalue weighted by Crippen LogP contribution is 2.18. The molecule has 1 N–H and O–H groups in total. The van der Waals surface area contributed by atoms with Gasteiger partial charge in [-0.15, -0.1) is 0 Å². The van der Waals surface area contributed by atoms with Crippen molar-refractivity contribution < 1.29 is 4.79 Å². The van der Waals surface area contributed by atoms with Gasteiger partial charge in [-0.1, -0.05) is 84.1 Å². The standard InChI is InChI=1S/C28H29N3O2S/c1-20-12-15-23(16-13-20)18-31-25-11-7-6-10-24(25)30-27(28(31)33)34-19-26(32)29-21(2)14-17-22-8-4-3-5-9-22/h3-13,15-16,21H,14,17-19H2,1-2H3,(H,29,32). The summed E-state index contributed by atoms with van der Waals surface area (Å²) in [7, 11) is 0. The Kier molecular flexibility index (Phi) is 7.80. The van der Waals surface area contributed by atoms with Gasteiger partial charge in [-0.3, -0.25) is 14.2 Å². The van der Waals surface area contributed by atoms with Crippen molar-refractivity contribution in [1.82, 2.24) is 14.9 Å². The maximum Gasteiger partial charge on any atom is 0.283 e. The molecule has 1 unspecified atom stereocenters. The first kappa shape index (κ1) is 23.8. The molecule has 0 bridgehead atoms. The molecule has 174 valence electrons. The lowest BCUT2D eigenvalue weighted by molar-refractivity contribution is -0.119. The van der Waals surface area contributed by atoms with Crippen LogP contribution in [0.15, 0.2) is 88.7 Å². The average Bonchev–Trinajstić information content (AvgIpc) is 2.85. The summed E-state index contributed by atoms with van der Waals surface area (Å²) in [5.41, 5.74) is 4.84. The number of aromatic nitrogens is 2. The summed E-state index contributed by atoms with van der Waals surface area (Å²) in [6.45, 7) is 4.51. The Bertz CT molecular complexity index is 1320. The van der Waals surface area contributed by atoms with Crippen LogP contribution in [0.1, 0.15) is 30.0 Å². The number of fused-ring (bicyclic) bond motifs is 1. The smallest absolute Gasteiger partial charge is 0.283 e. The molecule has 1 aromatic heterocycles. The van der Waals surface area contributed by atoms with Gasteiger partial charge in [0.2, 0.25) is 5.91 Å². The minimum atomic E-state index is -0.172. The molecular weight excluding hydrogens is 442 g/mol. The van der Waals surface area contributed by atoms with Crippen LogP contribution in [0.4, 0.5) is 0 Å². The molecule has 0 aliphatic rings. The van der Waals surface area contributed by atoms with Crippen molar-refractivity contribution in [3.05, 3.63) is 106 Å². The minimum absolute atomic E-state index is 0.0519. The summed E-state index contributed by atoms with van der Waals surface area (Å²) in [4.78, 5) is 30.4. The van der Waals surface area contributed by atoms with E-state index in [-0.39, 0.29) is 23.3 Å². The number of carbonyl (C=O) groups is 1. The third-order valence-corrected chi connectivity index (χ3v) is 6.69. The van der Waals surface area contributed by atoms with E-state index in [2.05, 4.69) is 22.4 Å². The van der Waals surface area contributed by atoms with Crippen LogP contribution >= 0.6 is 11.8 Å². The van der Waals surface area contributed by atoms with Gasteiger partial charge in [0.05, 0.1) is 23.3 Å². The Balaban J connectivity index is 1.44. The molecule has 1 amide bonds. The number of thioether (sulfide) groups is 1. The van der Waals surface area contributed by atoms with Crippen LogP contribution < -0.4 is 10.9 Å². The highest BCUT2D eigenvalue weighted by Gasteiger charge is 2.15. The molecule has 34 heavy (non-hydrogen) atoms. The summed E-state index contributed by atoms with van der Waals surface area (Å²) in [5, 5.41) is 3.39. The zero-order valence-electron chi connectivity index (χ0n) is 19.5. The quantitative estimate of drug-likeness (QED) is 0.350. The Hall–Kier alpha value is -3.38. The zero-order chi connectivity index (χ0) is 23.9. The fourth-order valence-electron chi connectivity index (χ4n) is 3.85. The van der Waals surface area contributed by atoms with Crippen molar-refractivity contribution in [3.63, 3.8) is 0 Å². The van der Waals surface area contributed by atoms with E-state index in [1.165, 1.54) is 22.9 Å². The highest BCUT2D eigenvalue weighted by molar-refractivity contribution is 7.99. The summed E-state index contributed by atoms with van der Waals surface area (Å²) in [6, 6.07) is 26.1. The van der Waals surface area contributed by atoms with Crippen LogP contribution in [0.3, 0.4) is 0 Å². The molecule has 1 atom stereocenters. The Morgan fingerprint density at radius 3 is 2.44 bits per heavy atom. The predicted molar refractivity (Wildman–Crippen MR) is 139 cm³/mol. The summed E-state index contributed by atoms with van der Waals surface area (Å²) >= 11 is 1.20. The van der Waals surface area contributed by atoms with Gasteiger partial charge in [0.15, 0.2) is 5.03 Å². The van der Waals surface area contributed by atoms with Gasteiger partial charge >= 0.3 is 0 Å². The zero-order valence-corrected chi connectivity index (χ0v) is 20.3. The fourth-order valence-corrected chi connectivity index (χ4v) is 4.59. The number of para-hydroxylation sites is 2. The second-order valence-electron chi connectivity index (χ2n) is 8.56. The Morgan fingerprint density at radius 2 is 1.68 bits per heavy atom. The molecule has 0 aliphatic heterocycles. The first-order valence-electron chi connectivity index (χ1n) is 11.5. The lowest BCUT2D eigenvalue weighted by Crippen LogP contribution is -2.34. The van der Waals surface area contributed by atoms with Gasteiger partial charge in [-0.2, -0.15) is 0 Å². The van der Waals surface area contributed by atoms with E-state index in [9.17, 15) is 9.59 Å². The van der Waals surface area contributed by atoms with Gasteiger partial charge < -0.3 is 5.32 Å². The van der Waals surface area contributed by atoms with Crippen molar-refractivity contribution in [2.24, 2.45) is 0 Å². The molecule has 1 heterocycles. The fraction of sp³-hybridized carbons (Fsp3) is 0.250. The molecule has 0 fully saturated rings. The van der Waals surface area contributed by atoms with Crippen LogP contribution in [-0.2, 0) is 17.8 Å². The second kappa shape index (κ2) is 11.2. The number of nitrogens with one attached hydrogen (secondary N) is 1. The number of nitrogens with zero attached hydrogens (tertiary/aromatic N) is 2. The third-order valence-electron chi connectivity index (χ3n) is 5.74. The number of hydrogen-bond acceptors (Lipinski definition) is 4. The predicted octanol–water partition coefficient (Wildman–Crippen LogP) is 4.98. The molecule has 6 heteroatoms. The SMILES string of the molecule is Cc1ccc(Cn2c(=O)c(SCC(=O)NC(C)CCc3ccccc3)nc3ccccc32)cc1. The lowest BCUT2D eigenvalue weighted by atomic mass is 10.1. The summed E-state index contributed by atoms with van der Waals surface area (Å²) in [5.74, 6) is 0.0610. The second-order valence-corrected chi connectivity index (χ2v) is 9.53. The highest BCUT2D eigenvalue weighted by atomic mass is 32.2. The van der Waals surface area contributed by atoms with Crippen molar-refractivity contribution >= 4 is 28.7 Å². The van der Waals surface area contributed by atoms with E-state index in [0.717, 1.165) is 29.4 Å². The number of rotatable bonds is 9. The van der Waals surface area contributed by atoms with Gasteiger partial charge in [0, 0.05) is 6.04 Å². The number of aryl methyl sites for hydroxylation is 2. The van der Waals surface area contributed by atoms with E-state index in [1.807, 2.05) is 80.6 Å². The number of benzene rings is 3. The molecule has 0 saturated heterocycles. The Labute approximate surface area is 204 Å².